The van der Waals surface area contributed by atoms with Crippen LogP contribution in [0.3, 0.4) is 0 Å². The molecule has 5 heteroatoms. The summed E-state index contributed by atoms with van der Waals surface area (Å²) < 4.78 is 4.40. The lowest BCUT2D eigenvalue weighted by atomic mass is 10.8. The summed E-state index contributed by atoms with van der Waals surface area (Å²) in [5.41, 5.74) is 0. The molecule has 0 spiro atoms. The number of ether oxygens (including phenoxy) is 1. The van der Waals surface area contributed by atoms with Crippen LogP contribution in [-0.4, -0.2) is 34.4 Å². The number of aliphatic hydroxyl groups is 3. The van der Waals surface area contributed by atoms with E-state index in [9.17, 15) is 4.79 Å². The second-order valence-corrected chi connectivity index (χ2v) is 1.27. The maximum absolute atomic E-state index is 9.82. The van der Waals surface area contributed by atoms with Crippen molar-refractivity contribution in [1.29, 1.82) is 0 Å². The fourth-order valence-electron chi connectivity index (χ4n) is 0.203. The quantitative estimate of drug-likeness (QED) is 0.325. The molecule has 0 aromatic rings. The highest BCUT2D eigenvalue weighted by Gasteiger charge is 1.81. The zero-order chi connectivity index (χ0) is 8.57. The zero-order valence-electron chi connectivity index (χ0n) is 5.94. The minimum Gasteiger partial charge on any atom is -0.466 e. The summed E-state index contributed by atoms with van der Waals surface area (Å²) >= 11 is 0. The highest BCUT2D eigenvalue weighted by Crippen LogP contribution is 1.69. The van der Waals surface area contributed by atoms with Gasteiger partial charge in [0.05, 0.1) is 6.61 Å². The molecule has 5 nitrogen and oxygen atoms in total. The summed E-state index contributed by atoms with van der Waals surface area (Å²) in [6.07, 6.45) is 0. The van der Waals surface area contributed by atoms with Crippen molar-refractivity contribution in [3.63, 3.8) is 0 Å². The third-order valence-corrected chi connectivity index (χ3v) is 0.348. The maximum Gasteiger partial charge on any atom is 0.302 e. The van der Waals surface area contributed by atoms with Crippen LogP contribution in [0.2, 0.25) is 0 Å². The Bertz CT molecular complexity index is 77.4. The second kappa shape index (κ2) is 8.35. The molecule has 62 valence electrons. The Morgan fingerprint density at radius 1 is 1.50 bits per heavy atom. The molecule has 0 aromatic heterocycles. The average Bonchev–Trinajstić information content (AvgIpc) is 1.62. The second-order valence-electron chi connectivity index (χ2n) is 1.27. The first kappa shape index (κ1) is 12.1. The molecule has 0 radical (unpaired) electrons. The third kappa shape index (κ3) is 53.7. The lowest BCUT2D eigenvalue weighted by molar-refractivity contribution is -0.198. The van der Waals surface area contributed by atoms with Gasteiger partial charge in [-0.25, -0.2) is 0 Å². The molecule has 0 rings (SSSR count). The van der Waals surface area contributed by atoms with Crippen LogP contribution in [0.25, 0.3) is 0 Å². The van der Waals surface area contributed by atoms with Crippen LogP contribution in [0.1, 0.15) is 13.8 Å². The first-order valence-corrected chi connectivity index (χ1v) is 2.68. The van der Waals surface area contributed by atoms with E-state index in [0.717, 1.165) is 0 Å². The molecule has 0 atom stereocenters. The van der Waals surface area contributed by atoms with Crippen LogP contribution in [0, 0.1) is 0 Å². The summed E-state index contributed by atoms with van der Waals surface area (Å²) in [5.74, 6) is -0.211. The highest BCUT2D eigenvalue weighted by atomic mass is 16.6. The van der Waals surface area contributed by atoms with E-state index in [1.165, 1.54) is 6.92 Å². The smallest absolute Gasteiger partial charge is 0.302 e. The molecule has 0 heterocycles. The van der Waals surface area contributed by atoms with Crippen LogP contribution in [0.4, 0.5) is 0 Å². The zero-order valence-corrected chi connectivity index (χ0v) is 5.94. The van der Waals surface area contributed by atoms with Crippen molar-refractivity contribution in [3.05, 3.63) is 0 Å². The standard InChI is InChI=1S/C4H8O2.CH4O3/c1-3-6-4(2)5;2-1(3)4/h3H2,1-2H3;1-4H. The number of hydrogen-bond donors (Lipinski definition) is 3. The fraction of sp³-hybridized carbons (Fsp3) is 0.800. The molecule has 0 unspecified atom stereocenters. The number of carbonyl (C=O) groups excluding carboxylic acids is 1. The van der Waals surface area contributed by atoms with E-state index in [2.05, 4.69) is 4.74 Å². The number of esters is 1. The third-order valence-electron chi connectivity index (χ3n) is 0.348. The average molecular weight is 152 g/mol. The van der Waals surface area contributed by atoms with Crippen LogP contribution < -0.4 is 0 Å². The van der Waals surface area contributed by atoms with Gasteiger partial charge in [0.15, 0.2) is 0 Å². The Hall–Kier alpha value is -0.650. The fourth-order valence-corrected chi connectivity index (χ4v) is 0.203. The van der Waals surface area contributed by atoms with Crippen LogP contribution in [0.15, 0.2) is 0 Å². The Morgan fingerprint density at radius 2 is 1.80 bits per heavy atom. The summed E-state index contributed by atoms with van der Waals surface area (Å²) in [7, 11) is 0. The number of aliphatic hydroxyl groups excluding tert-OH is 1. The van der Waals surface area contributed by atoms with Gasteiger partial charge in [0.2, 0.25) is 0 Å². The van der Waals surface area contributed by atoms with Crippen molar-refractivity contribution in [3.8, 4) is 0 Å². The molecule has 0 aliphatic rings. The minimum atomic E-state index is -2.17. The van der Waals surface area contributed by atoms with Crippen molar-refractivity contribution in [2.45, 2.75) is 20.3 Å². The largest absolute Gasteiger partial charge is 0.466 e. The molecule has 0 amide bonds. The van der Waals surface area contributed by atoms with Gasteiger partial charge in [0.25, 0.3) is 6.48 Å². The van der Waals surface area contributed by atoms with E-state index in [4.69, 9.17) is 15.3 Å². The van der Waals surface area contributed by atoms with Crippen LogP contribution >= 0.6 is 0 Å². The van der Waals surface area contributed by atoms with E-state index in [-0.39, 0.29) is 5.97 Å². The highest BCUT2D eigenvalue weighted by molar-refractivity contribution is 5.65. The molecule has 0 aliphatic heterocycles. The van der Waals surface area contributed by atoms with Crippen molar-refractivity contribution in [2.24, 2.45) is 0 Å². The van der Waals surface area contributed by atoms with Gasteiger partial charge in [-0.3, -0.25) is 4.79 Å². The molecule has 0 fully saturated rings. The predicted octanol–water partition coefficient (Wildman–Crippen LogP) is -1.18. The first-order valence-electron chi connectivity index (χ1n) is 2.68. The Balaban J connectivity index is 0. The van der Waals surface area contributed by atoms with Crippen molar-refractivity contribution in [2.75, 3.05) is 6.61 Å². The monoisotopic (exact) mass is 152 g/mol. The summed E-state index contributed by atoms with van der Waals surface area (Å²) in [6.45, 7) is 1.49. The molecule has 0 aromatic carbocycles. The summed E-state index contributed by atoms with van der Waals surface area (Å²) in [6, 6.07) is 0. The molecule has 0 bridgehead atoms. The number of rotatable bonds is 1. The van der Waals surface area contributed by atoms with Gasteiger partial charge in [-0.2, -0.15) is 0 Å². The predicted molar refractivity (Wildman–Crippen MR) is 32.8 cm³/mol. The number of carbonyl (C=O) groups is 1. The van der Waals surface area contributed by atoms with Gasteiger partial charge in [-0.15, -0.1) is 0 Å². The Labute approximate surface area is 58.9 Å². The molecule has 0 aliphatic carbocycles. The molecule has 3 N–H and O–H groups in total. The van der Waals surface area contributed by atoms with E-state index < -0.39 is 6.48 Å². The topological polar surface area (TPSA) is 87.0 Å². The lowest BCUT2D eigenvalue weighted by Gasteiger charge is -1.89. The van der Waals surface area contributed by atoms with E-state index in [1.807, 2.05) is 0 Å². The molecular weight excluding hydrogens is 140 g/mol. The Morgan fingerprint density at radius 3 is 1.80 bits per heavy atom. The minimum absolute atomic E-state index is 0.211. The Kier molecular flexibility index (Phi) is 10.1. The van der Waals surface area contributed by atoms with Crippen LogP contribution in [0.5, 0.6) is 0 Å². The van der Waals surface area contributed by atoms with Crippen LogP contribution in [-0.2, 0) is 9.53 Å². The van der Waals surface area contributed by atoms with E-state index in [0.29, 0.717) is 6.61 Å². The molecule has 0 saturated carbocycles. The van der Waals surface area contributed by atoms with Gasteiger partial charge in [0.1, 0.15) is 0 Å². The molecule has 10 heavy (non-hydrogen) atoms. The SMILES string of the molecule is CCOC(C)=O.OC(O)O. The van der Waals surface area contributed by atoms with Gasteiger partial charge in [-0.1, -0.05) is 0 Å². The number of hydrogen-bond acceptors (Lipinski definition) is 5. The maximum atomic E-state index is 9.82. The van der Waals surface area contributed by atoms with Gasteiger partial charge < -0.3 is 20.1 Å². The van der Waals surface area contributed by atoms with Gasteiger partial charge in [-0.05, 0) is 6.92 Å². The van der Waals surface area contributed by atoms with E-state index in [1.54, 1.807) is 6.92 Å². The molecule has 0 saturated heterocycles. The molecular formula is C5H12O5. The van der Waals surface area contributed by atoms with Crippen molar-refractivity contribution in [1.82, 2.24) is 0 Å². The van der Waals surface area contributed by atoms with Crippen molar-refractivity contribution >= 4 is 5.97 Å². The first-order chi connectivity index (χ1) is 4.50. The lowest BCUT2D eigenvalue weighted by Crippen LogP contribution is -1.98. The van der Waals surface area contributed by atoms with Gasteiger partial charge >= 0.3 is 5.97 Å². The van der Waals surface area contributed by atoms with Gasteiger partial charge in [0, 0.05) is 6.92 Å². The summed E-state index contributed by atoms with van der Waals surface area (Å²) in [5, 5.41) is 21.5. The normalized spacial score (nSPS) is 8.20. The summed E-state index contributed by atoms with van der Waals surface area (Å²) in [4.78, 5) is 9.82. The van der Waals surface area contributed by atoms with E-state index >= 15 is 0 Å². The van der Waals surface area contributed by atoms with Crippen molar-refractivity contribution < 1.29 is 24.9 Å².